The fraction of sp³-hybridized carbons (Fsp3) is 0.235. The molecular formula is C17H17ClN2O. The monoisotopic (exact) mass is 300 g/mol. The van der Waals surface area contributed by atoms with Gasteiger partial charge in [-0.3, -0.25) is 4.98 Å². The molecule has 0 amide bonds. The van der Waals surface area contributed by atoms with E-state index in [4.69, 9.17) is 16.0 Å². The zero-order valence-electron chi connectivity index (χ0n) is 11.8. The maximum absolute atomic E-state index is 6.19. The van der Waals surface area contributed by atoms with Gasteiger partial charge in [-0.15, -0.1) is 0 Å². The summed E-state index contributed by atoms with van der Waals surface area (Å²) in [4.78, 5) is 4.42. The van der Waals surface area contributed by atoms with Gasteiger partial charge in [-0.2, -0.15) is 0 Å². The molecule has 2 aromatic heterocycles. The maximum Gasteiger partial charge on any atom is 0.198 e. The van der Waals surface area contributed by atoms with Crippen molar-refractivity contribution < 1.29 is 4.42 Å². The highest BCUT2D eigenvalue weighted by Crippen LogP contribution is 2.32. The van der Waals surface area contributed by atoms with Gasteiger partial charge in [0, 0.05) is 17.1 Å². The van der Waals surface area contributed by atoms with Crippen molar-refractivity contribution >= 4 is 22.5 Å². The molecule has 1 N–H and O–H groups in total. The molecule has 3 nitrogen and oxygen atoms in total. The third-order valence-electron chi connectivity index (χ3n) is 3.55. The van der Waals surface area contributed by atoms with Crippen LogP contribution in [0.25, 0.3) is 10.9 Å². The van der Waals surface area contributed by atoms with E-state index in [1.165, 1.54) is 0 Å². The Balaban J connectivity index is 2.12. The quantitative estimate of drug-likeness (QED) is 0.750. The molecule has 2 heterocycles. The van der Waals surface area contributed by atoms with Crippen LogP contribution in [0.3, 0.4) is 0 Å². The molecule has 0 fully saturated rings. The number of nitrogens with zero attached hydrogens (tertiary/aromatic N) is 1. The largest absolute Gasteiger partial charge is 0.453 e. The third-order valence-corrected chi connectivity index (χ3v) is 3.85. The van der Waals surface area contributed by atoms with E-state index in [1.54, 1.807) is 6.26 Å². The molecule has 1 aromatic carbocycles. The second-order valence-corrected chi connectivity index (χ2v) is 5.30. The van der Waals surface area contributed by atoms with Crippen LogP contribution in [-0.4, -0.2) is 11.5 Å². The molecule has 0 radical (unpaired) electrons. The Bertz CT molecular complexity index is 733. The molecule has 108 valence electrons. The van der Waals surface area contributed by atoms with Crippen molar-refractivity contribution in [2.45, 2.75) is 19.4 Å². The van der Waals surface area contributed by atoms with Gasteiger partial charge in [0.15, 0.2) is 5.22 Å². The van der Waals surface area contributed by atoms with E-state index in [0.29, 0.717) is 5.22 Å². The fourth-order valence-electron chi connectivity index (χ4n) is 2.57. The first-order valence-electron chi connectivity index (χ1n) is 7.11. The first-order valence-corrected chi connectivity index (χ1v) is 7.49. The predicted octanol–water partition coefficient (Wildman–Crippen LogP) is 4.57. The number of furan rings is 1. The Morgan fingerprint density at radius 2 is 2.10 bits per heavy atom. The van der Waals surface area contributed by atoms with Crippen LogP contribution in [0.2, 0.25) is 5.22 Å². The number of hydrogen-bond acceptors (Lipinski definition) is 3. The molecule has 0 aliphatic carbocycles. The summed E-state index contributed by atoms with van der Waals surface area (Å²) in [6, 6.07) is 12.1. The van der Waals surface area contributed by atoms with Crippen molar-refractivity contribution in [1.29, 1.82) is 0 Å². The van der Waals surface area contributed by atoms with Gasteiger partial charge in [0.1, 0.15) is 0 Å². The van der Waals surface area contributed by atoms with Gasteiger partial charge in [0.2, 0.25) is 0 Å². The SMILES string of the molecule is CCCNC(c1ccoc1Cl)c1cccc2ncccc12. The Morgan fingerprint density at radius 1 is 1.19 bits per heavy atom. The number of rotatable bonds is 5. The average molecular weight is 301 g/mol. The number of fused-ring (bicyclic) bond motifs is 1. The highest BCUT2D eigenvalue weighted by atomic mass is 35.5. The summed E-state index contributed by atoms with van der Waals surface area (Å²) >= 11 is 6.19. The zero-order valence-corrected chi connectivity index (χ0v) is 12.6. The summed E-state index contributed by atoms with van der Waals surface area (Å²) in [7, 11) is 0. The van der Waals surface area contributed by atoms with Gasteiger partial charge < -0.3 is 9.73 Å². The number of nitrogens with one attached hydrogen (secondary N) is 1. The van der Waals surface area contributed by atoms with Crippen LogP contribution in [0.1, 0.15) is 30.5 Å². The second kappa shape index (κ2) is 6.29. The Hall–Kier alpha value is -1.84. The van der Waals surface area contributed by atoms with Crippen LogP contribution in [0.15, 0.2) is 53.3 Å². The molecule has 0 aliphatic rings. The highest BCUT2D eigenvalue weighted by Gasteiger charge is 2.20. The van der Waals surface area contributed by atoms with Crippen LogP contribution in [0.5, 0.6) is 0 Å². The van der Waals surface area contributed by atoms with Crippen LogP contribution in [0.4, 0.5) is 0 Å². The van der Waals surface area contributed by atoms with Gasteiger partial charge in [-0.05, 0) is 48.3 Å². The smallest absolute Gasteiger partial charge is 0.198 e. The zero-order chi connectivity index (χ0) is 14.7. The summed E-state index contributed by atoms with van der Waals surface area (Å²) < 4.78 is 5.27. The molecule has 3 rings (SSSR count). The number of pyridine rings is 1. The summed E-state index contributed by atoms with van der Waals surface area (Å²) in [6.45, 7) is 3.05. The Labute approximate surface area is 128 Å². The van der Waals surface area contributed by atoms with Crippen molar-refractivity contribution in [2.75, 3.05) is 6.54 Å². The number of aromatic nitrogens is 1. The fourth-order valence-corrected chi connectivity index (χ4v) is 2.79. The lowest BCUT2D eigenvalue weighted by Gasteiger charge is -2.20. The van der Waals surface area contributed by atoms with Crippen LogP contribution in [-0.2, 0) is 0 Å². The van der Waals surface area contributed by atoms with Crippen LogP contribution in [0, 0.1) is 0 Å². The molecular weight excluding hydrogens is 284 g/mol. The van der Waals surface area contributed by atoms with Crippen molar-refractivity contribution in [3.8, 4) is 0 Å². The van der Waals surface area contributed by atoms with Gasteiger partial charge in [-0.25, -0.2) is 0 Å². The summed E-state index contributed by atoms with van der Waals surface area (Å²) in [6.07, 6.45) is 4.49. The van der Waals surface area contributed by atoms with Gasteiger partial charge >= 0.3 is 0 Å². The average Bonchev–Trinajstić information content (AvgIpc) is 2.94. The molecule has 0 spiro atoms. The molecule has 3 aromatic rings. The van der Waals surface area contributed by atoms with Crippen molar-refractivity contribution in [2.24, 2.45) is 0 Å². The Kier molecular flexibility index (Phi) is 4.23. The van der Waals surface area contributed by atoms with E-state index in [9.17, 15) is 0 Å². The molecule has 0 saturated carbocycles. The molecule has 1 atom stereocenters. The van der Waals surface area contributed by atoms with E-state index in [0.717, 1.165) is 35.0 Å². The topological polar surface area (TPSA) is 38.1 Å². The van der Waals surface area contributed by atoms with E-state index in [1.807, 2.05) is 30.5 Å². The molecule has 0 bridgehead atoms. The molecule has 0 saturated heterocycles. The predicted molar refractivity (Wildman–Crippen MR) is 85.6 cm³/mol. The molecule has 4 heteroatoms. The number of hydrogen-bond donors (Lipinski definition) is 1. The lowest BCUT2D eigenvalue weighted by molar-refractivity contribution is 0.551. The summed E-state index contributed by atoms with van der Waals surface area (Å²) in [5, 5.41) is 5.11. The van der Waals surface area contributed by atoms with Crippen molar-refractivity contribution in [1.82, 2.24) is 10.3 Å². The molecule has 21 heavy (non-hydrogen) atoms. The first-order chi connectivity index (χ1) is 10.3. The Morgan fingerprint density at radius 3 is 2.86 bits per heavy atom. The molecule has 0 aliphatic heterocycles. The van der Waals surface area contributed by atoms with Crippen LogP contribution >= 0.6 is 11.6 Å². The van der Waals surface area contributed by atoms with E-state index < -0.39 is 0 Å². The number of benzene rings is 1. The summed E-state index contributed by atoms with van der Waals surface area (Å²) in [5.41, 5.74) is 3.11. The highest BCUT2D eigenvalue weighted by molar-refractivity contribution is 6.29. The third kappa shape index (κ3) is 2.80. The van der Waals surface area contributed by atoms with E-state index >= 15 is 0 Å². The minimum atomic E-state index is 0.00380. The van der Waals surface area contributed by atoms with E-state index in [2.05, 4.69) is 29.4 Å². The van der Waals surface area contributed by atoms with Crippen LogP contribution < -0.4 is 5.32 Å². The number of halogens is 1. The lowest BCUT2D eigenvalue weighted by Crippen LogP contribution is -2.23. The van der Waals surface area contributed by atoms with Gasteiger partial charge in [0.25, 0.3) is 0 Å². The van der Waals surface area contributed by atoms with Crippen molar-refractivity contribution in [3.05, 3.63) is 65.2 Å². The maximum atomic E-state index is 6.19. The van der Waals surface area contributed by atoms with E-state index in [-0.39, 0.29) is 6.04 Å². The summed E-state index contributed by atoms with van der Waals surface area (Å²) in [5.74, 6) is 0. The van der Waals surface area contributed by atoms with Crippen molar-refractivity contribution in [3.63, 3.8) is 0 Å². The first kappa shape index (κ1) is 14.1. The van der Waals surface area contributed by atoms with Gasteiger partial charge in [-0.1, -0.05) is 25.1 Å². The lowest BCUT2D eigenvalue weighted by atomic mass is 9.97. The second-order valence-electron chi connectivity index (χ2n) is 4.95. The normalized spacial score (nSPS) is 12.7. The minimum absolute atomic E-state index is 0.00380. The van der Waals surface area contributed by atoms with Gasteiger partial charge in [0.05, 0.1) is 17.8 Å². The molecule has 1 unspecified atom stereocenters. The minimum Gasteiger partial charge on any atom is -0.453 e. The standard InChI is InChI=1S/C17H17ClN2O/c1-2-9-20-16(14-8-11-21-17(14)18)13-5-3-7-15-12(13)6-4-10-19-15/h3-8,10-11,16,20H,2,9H2,1H3.